The Morgan fingerprint density at radius 2 is 1.77 bits per heavy atom. The molecule has 1 aromatic heterocycles. The highest BCUT2D eigenvalue weighted by Crippen LogP contribution is 2.22. The van der Waals surface area contributed by atoms with E-state index in [9.17, 15) is 14.0 Å². The molecule has 3 rings (SSSR count). The van der Waals surface area contributed by atoms with Crippen LogP contribution in [0.2, 0.25) is 10.0 Å². The van der Waals surface area contributed by atoms with E-state index in [4.69, 9.17) is 23.2 Å². The van der Waals surface area contributed by atoms with Crippen LogP contribution >= 0.6 is 23.2 Å². The van der Waals surface area contributed by atoms with E-state index >= 15 is 0 Å². The predicted octanol–water partition coefficient (Wildman–Crippen LogP) is 3.99. The number of anilines is 1. The van der Waals surface area contributed by atoms with E-state index in [0.29, 0.717) is 15.7 Å². The molecular formula is C18H12Cl2FN3O2. The molecule has 1 heterocycles. The molecule has 0 spiro atoms. The van der Waals surface area contributed by atoms with Gasteiger partial charge in [-0.3, -0.25) is 9.59 Å². The summed E-state index contributed by atoms with van der Waals surface area (Å²) in [6.07, 6.45) is 0. The Morgan fingerprint density at radius 3 is 2.46 bits per heavy atom. The number of nitrogens with zero attached hydrogens (tertiary/aromatic N) is 2. The van der Waals surface area contributed by atoms with Crippen molar-refractivity contribution in [2.24, 2.45) is 0 Å². The first-order valence-corrected chi connectivity index (χ1v) is 8.27. The molecule has 0 unspecified atom stereocenters. The second-order valence-corrected chi connectivity index (χ2v) is 6.27. The maximum atomic E-state index is 13.9. The van der Waals surface area contributed by atoms with E-state index in [2.05, 4.69) is 10.4 Å². The molecule has 8 heteroatoms. The summed E-state index contributed by atoms with van der Waals surface area (Å²) in [5.41, 5.74) is 0.403. The van der Waals surface area contributed by atoms with Crippen LogP contribution in [0.15, 0.2) is 59.4 Å². The van der Waals surface area contributed by atoms with Crippen LogP contribution in [0.25, 0.3) is 11.3 Å². The van der Waals surface area contributed by atoms with Gasteiger partial charge in [0.25, 0.3) is 5.56 Å². The predicted molar refractivity (Wildman–Crippen MR) is 99.0 cm³/mol. The summed E-state index contributed by atoms with van der Waals surface area (Å²) in [7, 11) is 0. The Balaban J connectivity index is 1.83. The van der Waals surface area contributed by atoms with Gasteiger partial charge < -0.3 is 5.32 Å². The van der Waals surface area contributed by atoms with Gasteiger partial charge in [-0.1, -0.05) is 35.3 Å². The maximum Gasteiger partial charge on any atom is 0.267 e. The van der Waals surface area contributed by atoms with Gasteiger partial charge in [0.2, 0.25) is 5.91 Å². The summed E-state index contributed by atoms with van der Waals surface area (Å²) in [6, 6.07) is 13.3. The lowest BCUT2D eigenvalue weighted by atomic mass is 10.1. The minimum Gasteiger partial charge on any atom is -0.324 e. The summed E-state index contributed by atoms with van der Waals surface area (Å²) in [4.78, 5) is 24.2. The number of benzene rings is 2. The van der Waals surface area contributed by atoms with Crippen LogP contribution in [0.3, 0.4) is 0 Å². The lowest BCUT2D eigenvalue weighted by molar-refractivity contribution is -0.117. The standard InChI is InChI=1S/C18H12Cl2FN3O2/c19-11-7-12(20)9-13(8-11)22-17(25)10-24-18(26)6-5-16(23-24)14-3-1-2-4-15(14)21/h1-9H,10H2,(H,22,25). The first kappa shape index (κ1) is 18.1. The molecule has 3 aromatic rings. The van der Waals surface area contributed by atoms with E-state index in [1.165, 1.54) is 36.4 Å². The molecule has 0 radical (unpaired) electrons. The van der Waals surface area contributed by atoms with Crippen LogP contribution in [0.4, 0.5) is 10.1 Å². The number of hydrogen-bond acceptors (Lipinski definition) is 3. The second-order valence-electron chi connectivity index (χ2n) is 5.40. The molecule has 0 saturated heterocycles. The highest BCUT2D eigenvalue weighted by atomic mass is 35.5. The number of halogens is 3. The summed E-state index contributed by atoms with van der Waals surface area (Å²) in [5, 5.41) is 7.39. The Morgan fingerprint density at radius 1 is 1.08 bits per heavy atom. The molecule has 0 aliphatic rings. The van der Waals surface area contributed by atoms with E-state index < -0.39 is 17.3 Å². The zero-order valence-corrected chi connectivity index (χ0v) is 14.8. The molecule has 1 N–H and O–H groups in total. The maximum absolute atomic E-state index is 13.9. The Bertz CT molecular complexity index is 1020. The zero-order valence-electron chi connectivity index (χ0n) is 13.2. The van der Waals surface area contributed by atoms with Gasteiger partial charge >= 0.3 is 0 Å². The third-order valence-corrected chi connectivity index (χ3v) is 3.89. The summed E-state index contributed by atoms with van der Waals surface area (Å²) in [6.45, 7) is -0.342. The Hall–Kier alpha value is -2.70. The van der Waals surface area contributed by atoms with Crippen LogP contribution in [-0.4, -0.2) is 15.7 Å². The van der Waals surface area contributed by atoms with Gasteiger partial charge in [-0.05, 0) is 36.4 Å². The minimum absolute atomic E-state index is 0.239. The van der Waals surface area contributed by atoms with Gasteiger partial charge in [-0.25, -0.2) is 9.07 Å². The van der Waals surface area contributed by atoms with Gasteiger partial charge in [0.05, 0.1) is 5.69 Å². The van der Waals surface area contributed by atoms with Gasteiger partial charge in [-0.2, -0.15) is 5.10 Å². The molecule has 0 fully saturated rings. The summed E-state index contributed by atoms with van der Waals surface area (Å²) >= 11 is 11.8. The first-order valence-electron chi connectivity index (χ1n) is 7.51. The molecule has 0 saturated carbocycles. The summed E-state index contributed by atoms with van der Waals surface area (Å²) in [5.74, 6) is -0.966. The van der Waals surface area contributed by atoms with Gasteiger partial charge in [0, 0.05) is 27.4 Å². The highest BCUT2D eigenvalue weighted by Gasteiger charge is 2.11. The first-order chi connectivity index (χ1) is 12.4. The number of amides is 1. The van der Waals surface area contributed by atoms with E-state index in [1.807, 2.05) is 0 Å². The number of aromatic nitrogens is 2. The van der Waals surface area contributed by atoms with Crippen molar-refractivity contribution in [3.8, 4) is 11.3 Å². The highest BCUT2D eigenvalue weighted by molar-refractivity contribution is 6.35. The third kappa shape index (κ3) is 4.28. The van der Waals surface area contributed by atoms with Gasteiger partial charge in [0.1, 0.15) is 12.4 Å². The normalized spacial score (nSPS) is 10.6. The fraction of sp³-hybridized carbons (Fsp3) is 0.0556. The van der Waals surface area contributed by atoms with Crippen molar-refractivity contribution in [3.05, 3.63) is 80.8 Å². The second kappa shape index (κ2) is 7.68. The molecule has 0 aliphatic carbocycles. The number of nitrogens with one attached hydrogen (secondary N) is 1. The Kier molecular flexibility index (Phi) is 5.35. The topological polar surface area (TPSA) is 64.0 Å². The lowest BCUT2D eigenvalue weighted by Crippen LogP contribution is -2.29. The molecule has 1 amide bonds. The monoisotopic (exact) mass is 391 g/mol. The zero-order chi connectivity index (χ0) is 18.7. The minimum atomic E-state index is -0.497. The van der Waals surface area contributed by atoms with E-state index in [-0.39, 0.29) is 17.8 Å². The third-order valence-electron chi connectivity index (χ3n) is 3.46. The molecule has 26 heavy (non-hydrogen) atoms. The van der Waals surface area contributed by atoms with Crippen LogP contribution in [0.5, 0.6) is 0 Å². The van der Waals surface area contributed by atoms with Crippen molar-refractivity contribution in [1.29, 1.82) is 0 Å². The number of carbonyl (C=O) groups is 1. The molecular weight excluding hydrogens is 380 g/mol. The molecule has 0 atom stereocenters. The fourth-order valence-corrected chi connectivity index (χ4v) is 2.86. The van der Waals surface area contributed by atoms with E-state index in [1.54, 1.807) is 18.2 Å². The van der Waals surface area contributed by atoms with Crippen LogP contribution in [0.1, 0.15) is 0 Å². The van der Waals surface area contributed by atoms with Crippen molar-refractivity contribution < 1.29 is 9.18 Å². The van der Waals surface area contributed by atoms with Crippen LogP contribution in [0, 0.1) is 5.82 Å². The van der Waals surface area contributed by atoms with Crippen molar-refractivity contribution in [2.75, 3.05) is 5.32 Å². The van der Waals surface area contributed by atoms with Gasteiger partial charge in [-0.15, -0.1) is 0 Å². The van der Waals surface area contributed by atoms with Crippen molar-refractivity contribution in [3.63, 3.8) is 0 Å². The SMILES string of the molecule is O=C(Cn1nc(-c2ccccc2F)ccc1=O)Nc1cc(Cl)cc(Cl)c1. The fourth-order valence-electron chi connectivity index (χ4n) is 2.34. The smallest absolute Gasteiger partial charge is 0.267 e. The van der Waals surface area contributed by atoms with Crippen molar-refractivity contribution >= 4 is 34.8 Å². The molecule has 2 aromatic carbocycles. The lowest BCUT2D eigenvalue weighted by Gasteiger charge is -2.09. The van der Waals surface area contributed by atoms with Gasteiger partial charge in [0.15, 0.2) is 0 Å². The average Bonchev–Trinajstić information content (AvgIpc) is 2.56. The molecule has 5 nitrogen and oxygen atoms in total. The summed E-state index contributed by atoms with van der Waals surface area (Å²) < 4.78 is 14.9. The quantitative estimate of drug-likeness (QED) is 0.730. The number of rotatable bonds is 4. The van der Waals surface area contributed by atoms with Crippen LogP contribution < -0.4 is 10.9 Å². The molecule has 0 aliphatic heterocycles. The Labute approximate surface area is 158 Å². The molecule has 0 bridgehead atoms. The molecule has 132 valence electrons. The van der Waals surface area contributed by atoms with Crippen molar-refractivity contribution in [1.82, 2.24) is 9.78 Å². The number of hydrogen-bond donors (Lipinski definition) is 1. The average molecular weight is 392 g/mol. The van der Waals surface area contributed by atoms with E-state index in [0.717, 1.165) is 4.68 Å². The number of carbonyl (C=O) groups excluding carboxylic acids is 1. The van der Waals surface area contributed by atoms with Crippen LogP contribution in [-0.2, 0) is 11.3 Å². The van der Waals surface area contributed by atoms with Crippen molar-refractivity contribution in [2.45, 2.75) is 6.54 Å². The largest absolute Gasteiger partial charge is 0.324 e.